The number of nitrogens with zero attached hydrogens (tertiary/aromatic N) is 1. The van der Waals surface area contributed by atoms with Gasteiger partial charge in [0.1, 0.15) is 0 Å². The third kappa shape index (κ3) is 1.93. The highest BCUT2D eigenvalue weighted by Gasteiger charge is 2.16. The van der Waals surface area contributed by atoms with Gasteiger partial charge < -0.3 is 4.57 Å². The van der Waals surface area contributed by atoms with E-state index in [0.717, 1.165) is 0 Å². The van der Waals surface area contributed by atoms with E-state index in [9.17, 15) is 0 Å². The van der Waals surface area contributed by atoms with E-state index in [1.54, 1.807) is 0 Å². The Morgan fingerprint density at radius 2 is 1.52 bits per heavy atom. The van der Waals surface area contributed by atoms with Crippen LogP contribution in [0, 0.1) is 13.8 Å². The Morgan fingerprint density at radius 3 is 2.30 bits per heavy atom. The predicted octanol–water partition coefficient (Wildman–Crippen LogP) is 6.18. The third-order valence-corrected chi connectivity index (χ3v) is 4.68. The number of benzene rings is 3. The van der Waals surface area contributed by atoms with E-state index < -0.39 is 0 Å². The molecule has 112 valence electrons. The fourth-order valence-electron chi connectivity index (χ4n) is 3.57. The van der Waals surface area contributed by atoms with Crippen LogP contribution in [0.1, 0.15) is 11.1 Å². The van der Waals surface area contributed by atoms with E-state index in [2.05, 4.69) is 85.7 Å². The van der Waals surface area contributed by atoms with Crippen molar-refractivity contribution in [2.24, 2.45) is 0 Å². The van der Waals surface area contributed by atoms with Crippen molar-refractivity contribution in [3.05, 3.63) is 78.4 Å². The number of fused-ring (bicyclic) bond motifs is 3. The fraction of sp³-hybridized carbons (Fsp3) is 0.0909. The lowest BCUT2D eigenvalue weighted by Gasteiger charge is -2.13. The van der Waals surface area contributed by atoms with Gasteiger partial charge in [-0.2, -0.15) is 0 Å². The Morgan fingerprint density at radius 1 is 0.783 bits per heavy atom. The zero-order valence-electron chi connectivity index (χ0n) is 13.5. The lowest BCUT2D eigenvalue weighted by atomic mass is 9.94. The summed E-state index contributed by atoms with van der Waals surface area (Å²) in [6.07, 6.45) is 1.92. The molecule has 0 aliphatic heterocycles. The first-order valence-corrected chi connectivity index (χ1v) is 7.93. The lowest BCUT2D eigenvalue weighted by molar-refractivity contribution is 1.28. The highest BCUT2D eigenvalue weighted by molar-refractivity contribution is 6.14. The molecule has 0 fully saturated rings. The Kier molecular flexibility index (Phi) is 3.09. The minimum Gasteiger partial charge on any atom is -0.316 e. The smallest absolute Gasteiger partial charge is 0.0615 e. The molecule has 0 saturated heterocycles. The number of aryl methyl sites for hydroxylation is 2. The van der Waals surface area contributed by atoms with E-state index >= 15 is 0 Å². The quantitative estimate of drug-likeness (QED) is 0.416. The summed E-state index contributed by atoms with van der Waals surface area (Å²) in [5.74, 6) is 0. The summed E-state index contributed by atoms with van der Waals surface area (Å²) in [5.41, 5.74) is 7.63. The van der Waals surface area contributed by atoms with Crippen LogP contribution in [0.2, 0.25) is 0 Å². The van der Waals surface area contributed by atoms with Crippen LogP contribution in [-0.4, -0.2) is 4.57 Å². The summed E-state index contributed by atoms with van der Waals surface area (Å²) in [6, 6.07) is 21.6. The predicted molar refractivity (Wildman–Crippen MR) is 101 cm³/mol. The van der Waals surface area contributed by atoms with Gasteiger partial charge in [0, 0.05) is 22.5 Å². The SMILES string of the molecule is C=Cn1c2ccccc2c2ccc(C)c(-c3ccccc3C)c21. The van der Waals surface area contributed by atoms with Crippen molar-refractivity contribution in [1.29, 1.82) is 0 Å². The third-order valence-electron chi connectivity index (χ3n) is 4.68. The van der Waals surface area contributed by atoms with Crippen LogP contribution in [0.3, 0.4) is 0 Å². The maximum atomic E-state index is 4.05. The molecule has 0 spiro atoms. The van der Waals surface area contributed by atoms with Gasteiger partial charge >= 0.3 is 0 Å². The summed E-state index contributed by atoms with van der Waals surface area (Å²) in [7, 11) is 0. The highest BCUT2D eigenvalue weighted by atomic mass is 15.0. The second-order valence-corrected chi connectivity index (χ2v) is 6.04. The highest BCUT2D eigenvalue weighted by Crippen LogP contribution is 2.39. The maximum Gasteiger partial charge on any atom is 0.0615 e. The van der Waals surface area contributed by atoms with Gasteiger partial charge in [-0.3, -0.25) is 0 Å². The van der Waals surface area contributed by atoms with Crippen LogP contribution >= 0.6 is 0 Å². The second-order valence-electron chi connectivity index (χ2n) is 6.04. The van der Waals surface area contributed by atoms with Crippen LogP contribution in [0.25, 0.3) is 39.1 Å². The molecular formula is C22H19N. The molecule has 3 aromatic carbocycles. The van der Waals surface area contributed by atoms with Gasteiger partial charge in [-0.25, -0.2) is 0 Å². The molecule has 0 aliphatic carbocycles. The van der Waals surface area contributed by atoms with Crippen LogP contribution in [-0.2, 0) is 0 Å². The van der Waals surface area contributed by atoms with Crippen molar-refractivity contribution in [2.45, 2.75) is 13.8 Å². The number of rotatable bonds is 2. The molecule has 4 aromatic rings. The van der Waals surface area contributed by atoms with Gasteiger partial charge in [-0.1, -0.05) is 61.2 Å². The van der Waals surface area contributed by atoms with E-state index in [-0.39, 0.29) is 0 Å². The maximum absolute atomic E-state index is 4.05. The van der Waals surface area contributed by atoms with Crippen molar-refractivity contribution in [1.82, 2.24) is 4.57 Å². The number of aromatic nitrogens is 1. The molecule has 0 N–H and O–H groups in total. The lowest BCUT2D eigenvalue weighted by Crippen LogP contribution is -1.93. The topological polar surface area (TPSA) is 4.93 Å². The average Bonchev–Trinajstić information content (AvgIpc) is 2.89. The standard InChI is InChI=1S/C22H19N/c1-4-23-20-12-8-7-11-18(20)19-14-13-16(3)21(22(19)23)17-10-6-5-9-15(17)2/h4-14H,1H2,2-3H3. The summed E-state index contributed by atoms with van der Waals surface area (Å²) < 4.78 is 2.22. The Hall–Kier alpha value is -2.80. The van der Waals surface area contributed by atoms with Crippen LogP contribution in [0.15, 0.2) is 67.2 Å². The molecule has 23 heavy (non-hydrogen) atoms. The molecule has 0 atom stereocenters. The number of para-hydroxylation sites is 1. The van der Waals surface area contributed by atoms with Crippen molar-refractivity contribution >= 4 is 28.0 Å². The molecule has 0 unspecified atom stereocenters. The first-order valence-electron chi connectivity index (χ1n) is 7.93. The summed E-state index contributed by atoms with van der Waals surface area (Å²) in [4.78, 5) is 0. The zero-order valence-corrected chi connectivity index (χ0v) is 13.5. The summed E-state index contributed by atoms with van der Waals surface area (Å²) >= 11 is 0. The number of hydrogen-bond acceptors (Lipinski definition) is 0. The Labute approximate surface area is 136 Å². The molecule has 1 aromatic heterocycles. The largest absolute Gasteiger partial charge is 0.316 e. The first-order chi connectivity index (χ1) is 11.2. The molecule has 4 rings (SSSR count). The molecular weight excluding hydrogens is 278 g/mol. The molecule has 0 saturated carbocycles. The fourth-order valence-corrected chi connectivity index (χ4v) is 3.57. The van der Waals surface area contributed by atoms with Gasteiger partial charge in [0.05, 0.1) is 11.0 Å². The van der Waals surface area contributed by atoms with Crippen LogP contribution in [0.4, 0.5) is 0 Å². The molecule has 0 bridgehead atoms. The van der Waals surface area contributed by atoms with Gasteiger partial charge in [-0.05, 0) is 36.6 Å². The van der Waals surface area contributed by atoms with Crippen molar-refractivity contribution in [3.8, 4) is 11.1 Å². The van der Waals surface area contributed by atoms with Gasteiger partial charge in [0.25, 0.3) is 0 Å². The van der Waals surface area contributed by atoms with Crippen molar-refractivity contribution in [3.63, 3.8) is 0 Å². The number of hydrogen-bond donors (Lipinski definition) is 0. The first kappa shape index (κ1) is 13.8. The zero-order chi connectivity index (χ0) is 16.0. The van der Waals surface area contributed by atoms with Gasteiger partial charge in [0.2, 0.25) is 0 Å². The van der Waals surface area contributed by atoms with Crippen molar-refractivity contribution in [2.75, 3.05) is 0 Å². The van der Waals surface area contributed by atoms with Crippen molar-refractivity contribution < 1.29 is 0 Å². The molecule has 0 aliphatic rings. The average molecular weight is 297 g/mol. The monoisotopic (exact) mass is 297 g/mol. The van der Waals surface area contributed by atoms with E-state index in [1.165, 1.54) is 44.1 Å². The van der Waals surface area contributed by atoms with Crippen LogP contribution in [0.5, 0.6) is 0 Å². The summed E-state index contributed by atoms with van der Waals surface area (Å²) in [6.45, 7) is 8.42. The van der Waals surface area contributed by atoms with E-state index in [1.807, 2.05) is 6.20 Å². The minimum absolute atomic E-state index is 1.21. The molecule has 0 radical (unpaired) electrons. The Balaban J connectivity index is 2.27. The molecule has 0 amide bonds. The normalized spacial score (nSPS) is 11.2. The molecule has 1 heterocycles. The molecule has 1 nitrogen and oxygen atoms in total. The van der Waals surface area contributed by atoms with Gasteiger partial charge in [0.15, 0.2) is 0 Å². The van der Waals surface area contributed by atoms with Crippen LogP contribution < -0.4 is 0 Å². The second kappa shape index (κ2) is 5.13. The molecule has 1 heteroatoms. The summed E-state index contributed by atoms with van der Waals surface area (Å²) in [5, 5.41) is 2.56. The van der Waals surface area contributed by atoms with E-state index in [4.69, 9.17) is 0 Å². The van der Waals surface area contributed by atoms with E-state index in [0.29, 0.717) is 0 Å². The van der Waals surface area contributed by atoms with Gasteiger partial charge in [-0.15, -0.1) is 0 Å². The minimum atomic E-state index is 1.21. The Bertz CT molecular complexity index is 1050.